The molecular formula is C21H22N2O4S. The molecule has 3 rings (SSSR count). The fraction of sp³-hybridized carbons (Fsp3) is 0.238. The zero-order chi connectivity index (χ0) is 20.1. The van der Waals surface area contributed by atoms with Gasteiger partial charge in [0.05, 0.1) is 18.8 Å². The summed E-state index contributed by atoms with van der Waals surface area (Å²) in [5.41, 5.74) is -0.871. The number of rotatable bonds is 6. The third-order valence-corrected chi connectivity index (χ3v) is 5.56. The minimum Gasteiger partial charge on any atom is -0.492 e. The summed E-state index contributed by atoms with van der Waals surface area (Å²) >= 11 is 1.46. The smallest absolute Gasteiger partial charge is 0.313 e. The molecule has 0 fully saturated rings. The van der Waals surface area contributed by atoms with Crippen LogP contribution in [-0.2, 0) is 15.2 Å². The van der Waals surface area contributed by atoms with Crippen molar-refractivity contribution in [2.75, 3.05) is 18.5 Å². The van der Waals surface area contributed by atoms with Gasteiger partial charge >= 0.3 is 11.8 Å². The molecule has 146 valence electrons. The zero-order valence-electron chi connectivity index (χ0n) is 15.7. The van der Waals surface area contributed by atoms with Gasteiger partial charge in [-0.05, 0) is 43.5 Å². The van der Waals surface area contributed by atoms with E-state index in [1.54, 1.807) is 31.2 Å². The summed E-state index contributed by atoms with van der Waals surface area (Å²) < 4.78 is 6.48. The molecule has 3 aromatic rings. The van der Waals surface area contributed by atoms with Crippen LogP contribution in [-0.4, -0.2) is 30.1 Å². The SMILES string of the molecule is CCOc1ccccc1NC(=O)C(=O)NCC(C)(O)c1cc2ccccc2s1. The van der Waals surface area contributed by atoms with Crippen molar-refractivity contribution in [2.24, 2.45) is 0 Å². The molecule has 1 heterocycles. The first kappa shape index (κ1) is 19.9. The van der Waals surface area contributed by atoms with Crippen molar-refractivity contribution in [3.8, 4) is 5.75 Å². The lowest BCUT2D eigenvalue weighted by Gasteiger charge is -2.22. The number of benzene rings is 2. The molecule has 28 heavy (non-hydrogen) atoms. The number of hydrogen-bond donors (Lipinski definition) is 3. The second kappa shape index (κ2) is 8.41. The molecule has 0 aliphatic carbocycles. The monoisotopic (exact) mass is 398 g/mol. The average Bonchev–Trinajstić information content (AvgIpc) is 3.13. The quantitative estimate of drug-likeness (QED) is 0.556. The molecule has 6 nitrogen and oxygen atoms in total. The van der Waals surface area contributed by atoms with Crippen LogP contribution >= 0.6 is 11.3 Å². The first-order valence-electron chi connectivity index (χ1n) is 8.93. The van der Waals surface area contributed by atoms with E-state index in [0.29, 0.717) is 18.0 Å². The van der Waals surface area contributed by atoms with Crippen LogP contribution in [0.25, 0.3) is 10.1 Å². The molecule has 0 aliphatic heterocycles. The van der Waals surface area contributed by atoms with Gasteiger partial charge in [0.1, 0.15) is 11.4 Å². The van der Waals surface area contributed by atoms with E-state index in [1.807, 2.05) is 37.3 Å². The summed E-state index contributed by atoms with van der Waals surface area (Å²) in [6, 6.07) is 16.6. The topological polar surface area (TPSA) is 87.7 Å². The van der Waals surface area contributed by atoms with Gasteiger partial charge in [-0.3, -0.25) is 9.59 Å². The molecule has 0 aliphatic rings. The van der Waals surface area contributed by atoms with Crippen LogP contribution < -0.4 is 15.4 Å². The highest BCUT2D eigenvalue weighted by Gasteiger charge is 2.27. The summed E-state index contributed by atoms with van der Waals surface area (Å²) in [6.07, 6.45) is 0. The van der Waals surface area contributed by atoms with Gasteiger partial charge < -0.3 is 20.5 Å². The third kappa shape index (κ3) is 4.49. The van der Waals surface area contributed by atoms with E-state index < -0.39 is 17.4 Å². The number of carbonyl (C=O) groups excluding carboxylic acids is 2. The number of fused-ring (bicyclic) bond motifs is 1. The first-order chi connectivity index (χ1) is 13.4. The number of ether oxygens (including phenoxy) is 1. The standard InChI is InChI=1S/C21H22N2O4S/c1-3-27-16-10-6-5-9-15(16)23-20(25)19(24)22-13-21(2,26)18-12-14-8-4-7-11-17(14)28-18/h4-12,26H,3,13H2,1-2H3,(H,22,24)(H,23,25). The lowest BCUT2D eigenvalue weighted by Crippen LogP contribution is -2.43. The average molecular weight is 398 g/mol. The van der Waals surface area contributed by atoms with Crippen molar-refractivity contribution < 1.29 is 19.4 Å². The van der Waals surface area contributed by atoms with Gasteiger partial charge in [0, 0.05) is 9.58 Å². The fourth-order valence-corrected chi connectivity index (χ4v) is 3.80. The lowest BCUT2D eigenvalue weighted by atomic mass is 10.0. The van der Waals surface area contributed by atoms with E-state index in [9.17, 15) is 14.7 Å². The highest BCUT2D eigenvalue weighted by molar-refractivity contribution is 7.19. The van der Waals surface area contributed by atoms with Crippen LogP contribution in [0.3, 0.4) is 0 Å². The summed E-state index contributed by atoms with van der Waals surface area (Å²) in [6.45, 7) is 3.80. The molecule has 0 bridgehead atoms. The predicted octanol–water partition coefficient (Wildman–Crippen LogP) is 3.26. The van der Waals surface area contributed by atoms with Gasteiger partial charge in [-0.1, -0.05) is 30.3 Å². The largest absolute Gasteiger partial charge is 0.492 e. The van der Waals surface area contributed by atoms with Gasteiger partial charge in [0.2, 0.25) is 0 Å². The molecule has 0 spiro atoms. The maximum atomic E-state index is 12.2. The van der Waals surface area contributed by atoms with E-state index >= 15 is 0 Å². The molecule has 0 radical (unpaired) electrons. The number of aliphatic hydroxyl groups is 1. The Morgan fingerprint density at radius 2 is 1.82 bits per heavy atom. The van der Waals surface area contributed by atoms with Crippen LogP contribution in [0.2, 0.25) is 0 Å². The van der Waals surface area contributed by atoms with Crippen LogP contribution in [0.5, 0.6) is 5.75 Å². The number of carbonyl (C=O) groups is 2. The van der Waals surface area contributed by atoms with E-state index in [1.165, 1.54) is 11.3 Å². The Bertz CT molecular complexity index is 964. The molecular weight excluding hydrogens is 376 g/mol. The van der Waals surface area contributed by atoms with Crippen molar-refractivity contribution >= 4 is 38.9 Å². The normalized spacial score (nSPS) is 13.0. The highest BCUT2D eigenvalue weighted by Crippen LogP contribution is 2.32. The number of hydrogen-bond acceptors (Lipinski definition) is 5. The minimum atomic E-state index is -1.29. The van der Waals surface area contributed by atoms with Crippen LogP contribution in [0, 0.1) is 0 Å². The molecule has 7 heteroatoms. The number of para-hydroxylation sites is 2. The predicted molar refractivity (Wildman–Crippen MR) is 111 cm³/mol. The van der Waals surface area contributed by atoms with Crippen molar-refractivity contribution in [2.45, 2.75) is 19.4 Å². The van der Waals surface area contributed by atoms with Gasteiger partial charge in [-0.15, -0.1) is 11.3 Å². The van der Waals surface area contributed by atoms with E-state index in [4.69, 9.17) is 4.74 Å². The molecule has 1 aromatic heterocycles. The number of anilines is 1. The van der Waals surface area contributed by atoms with Crippen LogP contribution in [0.1, 0.15) is 18.7 Å². The van der Waals surface area contributed by atoms with Crippen molar-refractivity contribution in [1.82, 2.24) is 5.32 Å². The Balaban J connectivity index is 1.63. The van der Waals surface area contributed by atoms with Gasteiger partial charge in [0.25, 0.3) is 0 Å². The summed E-state index contributed by atoms with van der Waals surface area (Å²) in [5, 5.41) is 16.8. The molecule has 1 atom stereocenters. The minimum absolute atomic E-state index is 0.0841. The summed E-state index contributed by atoms with van der Waals surface area (Å²) in [7, 11) is 0. The molecule has 2 amide bonds. The molecule has 1 unspecified atom stereocenters. The Morgan fingerprint density at radius 1 is 1.11 bits per heavy atom. The van der Waals surface area contributed by atoms with Crippen molar-refractivity contribution in [3.63, 3.8) is 0 Å². The maximum Gasteiger partial charge on any atom is 0.313 e. The molecule has 0 saturated heterocycles. The van der Waals surface area contributed by atoms with Gasteiger partial charge in [-0.2, -0.15) is 0 Å². The number of nitrogens with one attached hydrogen (secondary N) is 2. The Labute approximate surface area is 167 Å². The first-order valence-corrected chi connectivity index (χ1v) is 9.75. The lowest BCUT2D eigenvalue weighted by molar-refractivity contribution is -0.136. The zero-order valence-corrected chi connectivity index (χ0v) is 16.5. The fourth-order valence-electron chi connectivity index (χ4n) is 2.70. The van der Waals surface area contributed by atoms with E-state index in [2.05, 4.69) is 10.6 Å². The Kier molecular flexibility index (Phi) is 5.96. The molecule has 2 aromatic carbocycles. The summed E-state index contributed by atoms with van der Waals surface area (Å²) in [5.74, 6) is -1.16. The van der Waals surface area contributed by atoms with Gasteiger partial charge in [-0.25, -0.2) is 0 Å². The Morgan fingerprint density at radius 3 is 2.57 bits per heavy atom. The van der Waals surface area contributed by atoms with Crippen molar-refractivity contribution in [1.29, 1.82) is 0 Å². The molecule has 3 N–H and O–H groups in total. The van der Waals surface area contributed by atoms with E-state index in [-0.39, 0.29) is 6.54 Å². The van der Waals surface area contributed by atoms with E-state index in [0.717, 1.165) is 15.0 Å². The highest BCUT2D eigenvalue weighted by atomic mass is 32.1. The van der Waals surface area contributed by atoms with Gasteiger partial charge in [0.15, 0.2) is 0 Å². The molecule has 0 saturated carbocycles. The van der Waals surface area contributed by atoms with Crippen LogP contribution in [0.4, 0.5) is 5.69 Å². The third-order valence-electron chi connectivity index (χ3n) is 4.19. The maximum absolute atomic E-state index is 12.2. The second-order valence-electron chi connectivity index (χ2n) is 6.49. The number of thiophene rings is 1. The van der Waals surface area contributed by atoms with Crippen LogP contribution in [0.15, 0.2) is 54.6 Å². The Hall–Kier alpha value is -2.90. The number of amides is 2. The van der Waals surface area contributed by atoms with Crippen molar-refractivity contribution in [3.05, 3.63) is 59.5 Å². The second-order valence-corrected chi connectivity index (χ2v) is 7.57. The summed E-state index contributed by atoms with van der Waals surface area (Å²) in [4.78, 5) is 25.1.